The van der Waals surface area contributed by atoms with Gasteiger partial charge >= 0.3 is 18.0 Å². The number of aryl methyl sites for hydroxylation is 1. The van der Waals surface area contributed by atoms with Gasteiger partial charge in [0.05, 0.1) is 22.0 Å². The first kappa shape index (κ1) is 44.2. The van der Waals surface area contributed by atoms with Gasteiger partial charge in [-0.3, -0.25) is 24.1 Å². The van der Waals surface area contributed by atoms with Crippen LogP contribution in [0.1, 0.15) is 60.9 Å². The molecule has 19 heteroatoms. The number of benzene rings is 3. The summed E-state index contributed by atoms with van der Waals surface area (Å²) in [5, 5.41) is 17.4. The summed E-state index contributed by atoms with van der Waals surface area (Å²) in [6.45, 7) is 3.99. The molecule has 1 aromatic heterocycles. The topological polar surface area (TPSA) is 210 Å². The van der Waals surface area contributed by atoms with Crippen LogP contribution in [-0.4, -0.2) is 93.3 Å². The number of fused-ring (bicyclic) bond motifs is 1. The quantitative estimate of drug-likeness (QED) is 0.112. The molecule has 4 aromatic rings. The van der Waals surface area contributed by atoms with Crippen LogP contribution in [0.25, 0.3) is 0 Å². The zero-order valence-electron chi connectivity index (χ0n) is 32.7. The molecule has 3 atom stereocenters. The van der Waals surface area contributed by atoms with Crippen molar-refractivity contribution in [3.05, 3.63) is 105 Å². The van der Waals surface area contributed by atoms with Gasteiger partial charge in [-0.15, -0.1) is 15.0 Å². The van der Waals surface area contributed by atoms with Crippen LogP contribution in [0.4, 0.5) is 10.5 Å². The van der Waals surface area contributed by atoms with E-state index >= 15 is 0 Å². The van der Waals surface area contributed by atoms with Gasteiger partial charge in [0.15, 0.2) is 24.9 Å². The third-order valence-corrected chi connectivity index (χ3v) is 9.35. The molecule has 0 saturated heterocycles. The van der Waals surface area contributed by atoms with Crippen molar-refractivity contribution in [1.29, 1.82) is 0 Å². The maximum atomic E-state index is 14.7. The molecule has 2 heterocycles. The van der Waals surface area contributed by atoms with Crippen LogP contribution >= 0.6 is 23.2 Å². The summed E-state index contributed by atoms with van der Waals surface area (Å²) in [7, 11) is 1.46. The first-order chi connectivity index (χ1) is 28.1. The van der Waals surface area contributed by atoms with E-state index < -0.39 is 72.4 Å². The lowest BCUT2D eigenvalue weighted by Gasteiger charge is -2.30. The highest BCUT2D eigenvalue weighted by Crippen LogP contribution is 2.33. The fourth-order valence-electron chi connectivity index (χ4n) is 6.09. The molecule has 17 nitrogen and oxygen atoms in total. The van der Waals surface area contributed by atoms with Crippen molar-refractivity contribution < 1.29 is 47.7 Å². The molecule has 1 aliphatic rings. The summed E-state index contributed by atoms with van der Waals surface area (Å²) in [6.07, 6.45) is -1.47. The van der Waals surface area contributed by atoms with Gasteiger partial charge in [0, 0.05) is 25.6 Å². The molecule has 0 fully saturated rings. The van der Waals surface area contributed by atoms with E-state index in [1.807, 2.05) is 6.07 Å². The minimum absolute atomic E-state index is 0.00921. The average molecular weight is 853 g/mol. The lowest BCUT2D eigenvalue weighted by atomic mass is 10.1. The van der Waals surface area contributed by atoms with Crippen LogP contribution in [0.5, 0.6) is 0 Å². The molecule has 0 unspecified atom stereocenters. The molecule has 312 valence electrons. The van der Waals surface area contributed by atoms with Crippen molar-refractivity contribution in [2.75, 3.05) is 18.6 Å². The predicted octanol–water partition coefficient (Wildman–Crippen LogP) is 4.41. The number of tetrazole rings is 1. The minimum atomic E-state index is -1.56. The van der Waals surface area contributed by atoms with Gasteiger partial charge in [-0.05, 0) is 61.7 Å². The first-order valence-corrected chi connectivity index (χ1v) is 19.2. The number of Topliss-reactive ketones (excluding diaryl/α,β-unsaturated/α-hetero) is 1. The minimum Gasteiger partial charge on any atom is -0.460 e. The second-order valence-electron chi connectivity index (χ2n) is 14.3. The smallest absolute Gasteiger partial charge is 0.408 e. The van der Waals surface area contributed by atoms with Crippen LogP contribution in [0.2, 0.25) is 10.0 Å². The number of amides is 3. The van der Waals surface area contributed by atoms with Crippen molar-refractivity contribution in [2.45, 2.75) is 83.5 Å². The van der Waals surface area contributed by atoms with Crippen LogP contribution < -0.4 is 15.5 Å². The SMILES string of the molecule is COCn1nnc(CC[C@H](NC(=O)OCc2ccccc2)C(=O)N2c3ccccc3C[C@H]2C(=O)N[C@@H](CC(=O)OC(C)(C)C)C(=O)COC(=O)c2c(Cl)cccc2Cl)n1. The van der Waals surface area contributed by atoms with E-state index in [9.17, 15) is 28.8 Å². The Labute approximate surface area is 349 Å². The summed E-state index contributed by atoms with van der Waals surface area (Å²) in [5.74, 6) is -3.92. The Kier molecular flexibility index (Phi) is 15.1. The fourth-order valence-corrected chi connectivity index (χ4v) is 6.64. The zero-order chi connectivity index (χ0) is 42.7. The van der Waals surface area contributed by atoms with E-state index in [1.54, 1.807) is 69.3 Å². The molecule has 0 spiro atoms. The number of halogens is 2. The molecule has 0 bridgehead atoms. The third kappa shape index (κ3) is 12.3. The molecular weight excluding hydrogens is 809 g/mol. The Morgan fingerprint density at radius 3 is 2.27 bits per heavy atom. The number of methoxy groups -OCH3 is 1. The van der Waals surface area contributed by atoms with Crippen molar-refractivity contribution in [2.24, 2.45) is 0 Å². The highest BCUT2D eigenvalue weighted by Gasteiger charge is 2.42. The molecule has 3 aromatic carbocycles. The molecular formula is C40H43Cl2N7O10. The van der Waals surface area contributed by atoms with E-state index in [1.165, 1.54) is 35.0 Å². The standard InChI is InChI=1S/C40H43Cl2N7O10/c1-40(2,3)59-34(51)20-29(32(50)22-57-38(54)35-26(41)14-10-15-27(35)42)43-36(52)31-19-25-13-8-9-16-30(25)49(31)37(53)28(17-18-33-45-47-48(46-33)23-56-4)44-39(55)58-21-24-11-6-5-7-12-24/h5-16,28-29,31H,17-23H2,1-4H3,(H,43,52)(H,44,55)/t28-,29-,31-/m0/s1. The number of rotatable bonds is 17. The van der Waals surface area contributed by atoms with Gasteiger partial charge in [-0.25, -0.2) is 9.59 Å². The van der Waals surface area contributed by atoms with E-state index in [0.29, 0.717) is 16.8 Å². The Balaban J connectivity index is 1.39. The molecule has 5 rings (SSSR count). The summed E-state index contributed by atoms with van der Waals surface area (Å²) in [5.41, 5.74) is 0.614. The highest BCUT2D eigenvalue weighted by molar-refractivity contribution is 6.39. The second kappa shape index (κ2) is 20.2. The van der Waals surface area contributed by atoms with Gasteiger partial charge < -0.3 is 29.6 Å². The number of carbonyl (C=O) groups excluding carboxylic acids is 6. The van der Waals surface area contributed by atoms with Gasteiger partial charge in [-0.2, -0.15) is 0 Å². The lowest BCUT2D eigenvalue weighted by Crippen LogP contribution is -2.57. The lowest BCUT2D eigenvalue weighted by molar-refractivity contribution is -0.156. The van der Waals surface area contributed by atoms with Crippen molar-refractivity contribution in [1.82, 2.24) is 30.8 Å². The molecule has 2 N–H and O–H groups in total. The monoisotopic (exact) mass is 851 g/mol. The Morgan fingerprint density at radius 2 is 1.58 bits per heavy atom. The van der Waals surface area contributed by atoms with Crippen molar-refractivity contribution in [3.63, 3.8) is 0 Å². The number of nitrogens with zero attached hydrogens (tertiary/aromatic N) is 5. The summed E-state index contributed by atoms with van der Waals surface area (Å²) < 4.78 is 21.1. The highest BCUT2D eigenvalue weighted by atomic mass is 35.5. The molecule has 59 heavy (non-hydrogen) atoms. The zero-order valence-corrected chi connectivity index (χ0v) is 34.2. The number of carbonyl (C=O) groups is 6. The summed E-state index contributed by atoms with van der Waals surface area (Å²) >= 11 is 12.3. The number of ketones is 1. The maximum absolute atomic E-state index is 14.7. The number of hydrogen-bond acceptors (Lipinski definition) is 13. The average Bonchev–Trinajstić information content (AvgIpc) is 3.81. The van der Waals surface area contributed by atoms with Crippen LogP contribution in [0, 0.1) is 0 Å². The van der Waals surface area contributed by atoms with Gasteiger partial charge in [0.2, 0.25) is 11.8 Å². The van der Waals surface area contributed by atoms with Crippen molar-refractivity contribution >= 4 is 64.5 Å². The Hall–Kier alpha value is -5.91. The normalized spacial score (nSPS) is 14.4. The predicted molar refractivity (Wildman–Crippen MR) is 212 cm³/mol. The van der Waals surface area contributed by atoms with E-state index in [4.69, 9.17) is 42.1 Å². The third-order valence-electron chi connectivity index (χ3n) is 8.72. The molecule has 0 aliphatic carbocycles. The van der Waals surface area contributed by atoms with E-state index in [0.717, 1.165) is 0 Å². The van der Waals surface area contributed by atoms with Gasteiger partial charge in [0.25, 0.3) is 0 Å². The largest absolute Gasteiger partial charge is 0.460 e. The number of esters is 2. The number of anilines is 1. The van der Waals surface area contributed by atoms with Gasteiger partial charge in [0.1, 0.15) is 30.3 Å². The van der Waals surface area contributed by atoms with Gasteiger partial charge in [-0.1, -0.05) is 77.8 Å². The van der Waals surface area contributed by atoms with Crippen LogP contribution in [-0.2, 0) is 64.3 Å². The number of nitrogens with one attached hydrogen (secondary N) is 2. The number of alkyl carbamates (subject to hydrolysis) is 1. The second-order valence-corrected chi connectivity index (χ2v) is 15.2. The molecule has 3 amide bonds. The van der Waals surface area contributed by atoms with Crippen LogP contribution in [0.3, 0.4) is 0 Å². The first-order valence-electron chi connectivity index (χ1n) is 18.4. The number of ether oxygens (including phenoxy) is 4. The maximum Gasteiger partial charge on any atom is 0.408 e. The number of hydrogen-bond donors (Lipinski definition) is 2. The summed E-state index contributed by atoms with van der Waals surface area (Å²) in [4.78, 5) is 84.2. The molecule has 0 radical (unpaired) electrons. The fraction of sp³-hybridized carbons (Fsp3) is 0.375. The Morgan fingerprint density at radius 1 is 0.881 bits per heavy atom. The molecule has 0 saturated carbocycles. The van der Waals surface area contributed by atoms with E-state index in [2.05, 4.69) is 26.0 Å². The van der Waals surface area contributed by atoms with E-state index in [-0.39, 0.29) is 54.0 Å². The van der Waals surface area contributed by atoms with Crippen LogP contribution in [0.15, 0.2) is 72.8 Å². The molecule has 1 aliphatic heterocycles. The summed E-state index contributed by atoms with van der Waals surface area (Å²) in [6, 6.07) is 16.0. The Bertz CT molecular complexity index is 2140. The van der Waals surface area contributed by atoms with Crippen molar-refractivity contribution in [3.8, 4) is 0 Å². The number of aromatic nitrogens is 4. The number of para-hydroxylation sites is 1.